The van der Waals surface area contributed by atoms with E-state index in [9.17, 15) is 4.79 Å². The molecule has 0 aliphatic heterocycles. The quantitative estimate of drug-likeness (QED) is 0.362. The Morgan fingerprint density at radius 3 is 2.56 bits per heavy atom. The van der Waals surface area contributed by atoms with E-state index >= 15 is 0 Å². The van der Waals surface area contributed by atoms with Gasteiger partial charge in [-0.05, 0) is 65.6 Å². The van der Waals surface area contributed by atoms with Gasteiger partial charge in [0.15, 0.2) is 5.82 Å². The van der Waals surface area contributed by atoms with Gasteiger partial charge in [0.2, 0.25) is 5.91 Å². The highest BCUT2D eigenvalue weighted by Gasteiger charge is 2.14. The highest BCUT2D eigenvalue weighted by Crippen LogP contribution is 2.34. The van der Waals surface area contributed by atoms with E-state index in [2.05, 4.69) is 51.9 Å². The Balaban J connectivity index is 1.46. The Morgan fingerprint density at radius 2 is 1.78 bits per heavy atom. The largest absolute Gasteiger partial charge is 0.366 e. The van der Waals surface area contributed by atoms with Crippen LogP contribution in [-0.2, 0) is 6.54 Å². The first-order valence-electron chi connectivity index (χ1n) is 11.1. The highest BCUT2D eigenvalue weighted by molar-refractivity contribution is 6.02. The average molecular weight is 423 g/mol. The van der Waals surface area contributed by atoms with Crippen LogP contribution < -0.4 is 11.1 Å². The summed E-state index contributed by atoms with van der Waals surface area (Å²) in [5, 5.41) is 12.1. The average Bonchev–Trinajstić information content (AvgIpc) is 3.27. The van der Waals surface area contributed by atoms with Crippen LogP contribution in [0.3, 0.4) is 0 Å². The second-order valence-corrected chi connectivity index (χ2v) is 8.23. The van der Waals surface area contributed by atoms with Gasteiger partial charge in [0.1, 0.15) is 0 Å². The zero-order valence-electron chi connectivity index (χ0n) is 17.9. The second kappa shape index (κ2) is 8.71. The van der Waals surface area contributed by atoms with Crippen molar-refractivity contribution in [3.63, 3.8) is 0 Å². The van der Waals surface area contributed by atoms with Crippen LogP contribution >= 0.6 is 0 Å². The summed E-state index contributed by atoms with van der Waals surface area (Å²) in [4.78, 5) is 11.7. The summed E-state index contributed by atoms with van der Waals surface area (Å²) in [5.74, 6) is 0.331. The molecule has 4 N–H and O–H groups in total. The summed E-state index contributed by atoms with van der Waals surface area (Å²) in [5.41, 5.74) is 12.9. The molecule has 3 aromatic carbocycles. The summed E-state index contributed by atoms with van der Waals surface area (Å²) < 4.78 is 0. The molecule has 0 spiro atoms. The smallest absolute Gasteiger partial charge is 0.249 e. The molecule has 5 rings (SSSR count). The van der Waals surface area contributed by atoms with Crippen LogP contribution in [0.15, 0.2) is 72.8 Å². The third kappa shape index (κ3) is 3.89. The summed E-state index contributed by atoms with van der Waals surface area (Å²) in [6.07, 6.45) is 7.29. The normalized spacial score (nSPS) is 13.7. The van der Waals surface area contributed by atoms with Crippen molar-refractivity contribution in [3.8, 4) is 11.1 Å². The number of nitrogens with two attached hydrogens (primary N) is 1. The Labute approximate surface area is 187 Å². The predicted octanol–water partition coefficient (Wildman–Crippen LogP) is 5.90. The number of carbonyl (C=O) groups excluding carboxylic acids is 1. The molecule has 0 radical (unpaired) electrons. The van der Waals surface area contributed by atoms with E-state index in [0.717, 1.165) is 39.8 Å². The molecule has 0 bridgehead atoms. The maximum atomic E-state index is 11.7. The highest BCUT2D eigenvalue weighted by atomic mass is 16.1. The number of hydrogen-bond acceptors (Lipinski definition) is 3. The summed E-state index contributed by atoms with van der Waals surface area (Å²) in [6.45, 7) is 0.459. The molecule has 0 atom stereocenters. The molecule has 1 aromatic heterocycles. The standard InChI is InChI=1S/C27H26N4O/c28-26(32)23-10-5-4-9-21(23)17-29-27-25-22(11-6-12-24(25)30-31-27)20-15-13-19(14-16-20)18-7-2-1-3-8-18/h4-7,9-16H,1-3,8,17H2,(H2,28,32)(H2,29,30,31). The Kier molecular flexibility index (Phi) is 5.46. The van der Waals surface area contributed by atoms with Crippen LogP contribution in [0.1, 0.15) is 47.2 Å². The lowest BCUT2D eigenvalue weighted by Crippen LogP contribution is -2.15. The van der Waals surface area contributed by atoms with Gasteiger partial charge in [-0.3, -0.25) is 9.89 Å². The number of benzene rings is 3. The number of nitrogens with one attached hydrogen (secondary N) is 2. The Morgan fingerprint density at radius 1 is 0.969 bits per heavy atom. The van der Waals surface area contributed by atoms with Crippen molar-refractivity contribution in [2.75, 3.05) is 5.32 Å². The minimum atomic E-state index is -0.428. The molecule has 1 heterocycles. The van der Waals surface area contributed by atoms with E-state index in [-0.39, 0.29) is 0 Å². The van der Waals surface area contributed by atoms with Gasteiger partial charge in [-0.25, -0.2) is 0 Å². The molecule has 5 nitrogen and oxygen atoms in total. The number of nitrogens with zero attached hydrogens (tertiary/aromatic N) is 1. The number of aromatic nitrogens is 2. The number of amides is 1. The number of allylic oxidation sites excluding steroid dienone is 2. The first-order chi connectivity index (χ1) is 15.7. The molecule has 0 saturated heterocycles. The third-order valence-corrected chi connectivity index (χ3v) is 6.18. The maximum absolute atomic E-state index is 11.7. The molecule has 5 heteroatoms. The molecule has 1 amide bonds. The topological polar surface area (TPSA) is 83.8 Å². The van der Waals surface area contributed by atoms with E-state index in [1.807, 2.05) is 30.3 Å². The van der Waals surface area contributed by atoms with Gasteiger partial charge in [-0.1, -0.05) is 60.7 Å². The lowest BCUT2D eigenvalue weighted by atomic mass is 9.92. The minimum Gasteiger partial charge on any atom is -0.366 e. The van der Waals surface area contributed by atoms with E-state index in [1.54, 1.807) is 6.07 Å². The molecule has 32 heavy (non-hydrogen) atoms. The molecule has 0 saturated carbocycles. The van der Waals surface area contributed by atoms with Gasteiger partial charge in [-0.15, -0.1) is 0 Å². The first-order valence-corrected chi connectivity index (χ1v) is 11.1. The van der Waals surface area contributed by atoms with Crippen LogP contribution in [0.5, 0.6) is 0 Å². The molecular formula is C27H26N4O. The van der Waals surface area contributed by atoms with Crippen molar-refractivity contribution >= 4 is 28.2 Å². The lowest BCUT2D eigenvalue weighted by molar-refractivity contribution is 0.0999. The monoisotopic (exact) mass is 422 g/mol. The van der Waals surface area contributed by atoms with Crippen LogP contribution in [0.25, 0.3) is 27.6 Å². The fraction of sp³-hybridized carbons (Fsp3) is 0.185. The van der Waals surface area contributed by atoms with Crippen molar-refractivity contribution in [2.45, 2.75) is 32.2 Å². The molecule has 0 unspecified atom stereocenters. The fourth-order valence-electron chi connectivity index (χ4n) is 4.50. The number of anilines is 1. The zero-order valence-corrected chi connectivity index (χ0v) is 17.9. The zero-order chi connectivity index (χ0) is 21.9. The minimum absolute atomic E-state index is 0.428. The Bertz CT molecular complexity index is 1300. The molecule has 1 aliphatic rings. The van der Waals surface area contributed by atoms with Crippen molar-refractivity contribution in [3.05, 3.63) is 89.5 Å². The number of primary amides is 1. The van der Waals surface area contributed by atoms with Gasteiger partial charge in [0, 0.05) is 12.1 Å². The van der Waals surface area contributed by atoms with Crippen LogP contribution in [0.2, 0.25) is 0 Å². The van der Waals surface area contributed by atoms with Crippen LogP contribution in [0, 0.1) is 0 Å². The predicted molar refractivity (Wildman–Crippen MR) is 130 cm³/mol. The number of aromatic amines is 1. The van der Waals surface area contributed by atoms with E-state index in [4.69, 9.17) is 5.73 Å². The second-order valence-electron chi connectivity index (χ2n) is 8.23. The molecule has 160 valence electrons. The molecular weight excluding hydrogens is 396 g/mol. The number of hydrogen-bond donors (Lipinski definition) is 3. The molecule has 1 aliphatic carbocycles. The first kappa shape index (κ1) is 20.1. The van der Waals surface area contributed by atoms with Crippen molar-refractivity contribution in [2.24, 2.45) is 5.73 Å². The van der Waals surface area contributed by atoms with Crippen molar-refractivity contribution < 1.29 is 4.79 Å². The van der Waals surface area contributed by atoms with E-state index < -0.39 is 5.91 Å². The maximum Gasteiger partial charge on any atom is 0.249 e. The van der Waals surface area contributed by atoms with Gasteiger partial charge < -0.3 is 11.1 Å². The summed E-state index contributed by atoms with van der Waals surface area (Å²) in [7, 11) is 0. The summed E-state index contributed by atoms with van der Waals surface area (Å²) in [6, 6.07) is 22.4. The van der Waals surface area contributed by atoms with Gasteiger partial charge >= 0.3 is 0 Å². The SMILES string of the molecule is NC(=O)c1ccccc1CNc1n[nH]c2cccc(-c3ccc(C4=CCCCC4)cc3)c12. The molecule has 4 aromatic rings. The van der Waals surface area contributed by atoms with E-state index in [0.29, 0.717) is 12.1 Å². The van der Waals surface area contributed by atoms with Crippen molar-refractivity contribution in [1.82, 2.24) is 10.2 Å². The fourth-order valence-corrected chi connectivity index (χ4v) is 4.50. The summed E-state index contributed by atoms with van der Waals surface area (Å²) >= 11 is 0. The van der Waals surface area contributed by atoms with Gasteiger partial charge in [0.25, 0.3) is 0 Å². The van der Waals surface area contributed by atoms with Crippen molar-refractivity contribution in [1.29, 1.82) is 0 Å². The van der Waals surface area contributed by atoms with E-state index in [1.165, 1.54) is 30.4 Å². The number of rotatable bonds is 6. The van der Waals surface area contributed by atoms with Gasteiger partial charge in [-0.2, -0.15) is 5.10 Å². The van der Waals surface area contributed by atoms with Crippen LogP contribution in [0.4, 0.5) is 5.82 Å². The third-order valence-electron chi connectivity index (χ3n) is 6.18. The number of fused-ring (bicyclic) bond motifs is 1. The number of H-pyrrole nitrogens is 1. The number of carbonyl (C=O) groups is 1. The van der Waals surface area contributed by atoms with Crippen LogP contribution in [-0.4, -0.2) is 16.1 Å². The van der Waals surface area contributed by atoms with Gasteiger partial charge in [0.05, 0.1) is 10.9 Å². The Hall–Kier alpha value is -3.86. The lowest BCUT2D eigenvalue weighted by Gasteiger charge is -2.14. The molecule has 0 fully saturated rings.